The Bertz CT molecular complexity index is 684. The fourth-order valence-corrected chi connectivity index (χ4v) is 4.21. The standard InChI is InChI=1S/C20H32N4O3.CH2O2/c1-4-27-12-19(26)24-10-5-9-20(14-24)13-23(11-8-17(20)25)18-7-6-16(15(2)3)21-22-18;2-1-3/h6-7,15,17,25H,4-5,8-14H2,1-3H3;1H,(H,2,3)/t17-,20-;/m1./s1. The summed E-state index contributed by atoms with van der Waals surface area (Å²) in [5, 5.41) is 26.5. The molecule has 0 radical (unpaired) electrons. The Labute approximate surface area is 178 Å². The van der Waals surface area contributed by atoms with Gasteiger partial charge in [-0.15, -0.1) is 5.10 Å². The van der Waals surface area contributed by atoms with E-state index in [1.165, 1.54) is 0 Å². The molecule has 168 valence electrons. The van der Waals surface area contributed by atoms with Gasteiger partial charge in [0.05, 0.1) is 11.8 Å². The number of carbonyl (C=O) groups is 2. The quantitative estimate of drug-likeness (QED) is 0.686. The smallest absolute Gasteiger partial charge is 0.290 e. The molecule has 2 N–H and O–H groups in total. The van der Waals surface area contributed by atoms with Crippen LogP contribution in [0.15, 0.2) is 12.1 Å². The maximum atomic E-state index is 12.4. The van der Waals surface area contributed by atoms with Crippen molar-refractivity contribution in [1.82, 2.24) is 15.1 Å². The molecule has 0 bridgehead atoms. The van der Waals surface area contributed by atoms with Crippen molar-refractivity contribution in [3.63, 3.8) is 0 Å². The SMILES string of the molecule is CCOCC(=O)N1CCC[C@]2(C1)CN(c1ccc(C(C)C)nn1)CC[C@H]2O.O=CO. The third-order valence-corrected chi connectivity index (χ3v) is 5.86. The van der Waals surface area contributed by atoms with Crippen LogP contribution in [0.1, 0.15) is 51.6 Å². The monoisotopic (exact) mass is 422 g/mol. The minimum absolute atomic E-state index is 0.0151. The number of rotatable bonds is 5. The fraction of sp³-hybridized carbons (Fsp3) is 0.714. The van der Waals surface area contributed by atoms with Gasteiger partial charge in [0.25, 0.3) is 6.47 Å². The molecule has 2 saturated heterocycles. The largest absolute Gasteiger partial charge is 0.483 e. The number of hydrogen-bond donors (Lipinski definition) is 2. The molecule has 1 aromatic heterocycles. The van der Waals surface area contributed by atoms with E-state index in [1.54, 1.807) is 0 Å². The minimum atomic E-state index is -0.403. The number of hydrogen-bond acceptors (Lipinski definition) is 7. The third kappa shape index (κ3) is 5.89. The number of piperidine rings is 2. The summed E-state index contributed by atoms with van der Waals surface area (Å²) < 4.78 is 5.29. The lowest BCUT2D eigenvalue weighted by Crippen LogP contribution is -2.60. The third-order valence-electron chi connectivity index (χ3n) is 5.86. The zero-order valence-electron chi connectivity index (χ0n) is 18.2. The summed E-state index contributed by atoms with van der Waals surface area (Å²) in [6, 6.07) is 4.05. The molecule has 30 heavy (non-hydrogen) atoms. The summed E-state index contributed by atoms with van der Waals surface area (Å²) in [5.74, 6) is 1.22. The predicted octanol–water partition coefficient (Wildman–Crippen LogP) is 1.52. The molecule has 1 spiro atoms. The van der Waals surface area contributed by atoms with Crippen molar-refractivity contribution >= 4 is 18.2 Å². The normalized spacial score (nSPS) is 23.8. The van der Waals surface area contributed by atoms with Crippen molar-refractivity contribution in [2.24, 2.45) is 5.41 Å². The number of ether oxygens (including phenoxy) is 1. The van der Waals surface area contributed by atoms with Crippen LogP contribution < -0.4 is 4.90 Å². The number of carboxylic acid groups (broad SMARTS) is 1. The van der Waals surface area contributed by atoms with Crippen molar-refractivity contribution < 1.29 is 24.5 Å². The number of carbonyl (C=O) groups excluding carboxylic acids is 1. The Kier molecular flexibility index (Phi) is 8.98. The second-order valence-electron chi connectivity index (χ2n) is 8.22. The molecule has 2 atom stereocenters. The fourth-order valence-electron chi connectivity index (χ4n) is 4.21. The average molecular weight is 423 g/mol. The van der Waals surface area contributed by atoms with E-state index < -0.39 is 6.10 Å². The van der Waals surface area contributed by atoms with Crippen LogP contribution in [0.5, 0.6) is 0 Å². The number of amides is 1. The number of nitrogens with zero attached hydrogens (tertiary/aromatic N) is 4. The van der Waals surface area contributed by atoms with E-state index in [0.717, 1.165) is 37.4 Å². The number of aromatic nitrogens is 2. The molecule has 1 amide bonds. The van der Waals surface area contributed by atoms with Crippen molar-refractivity contribution in [1.29, 1.82) is 0 Å². The Morgan fingerprint density at radius 3 is 2.67 bits per heavy atom. The molecule has 0 unspecified atom stereocenters. The first-order valence-corrected chi connectivity index (χ1v) is 10.6. The van der Waals surface area contributed by atoms with Gasteiger partial charge in [-0.25, -0.2) is 0 Å². The molecular formula is C21H34N4O5. The van der Waals surface area contributed by atoms with Crippen LogP contribution in [0.25, 0.3) is 0 Å². The molecule has 9 heteroatoms. The molecule has 0 saturated carbocycles. The van der Waals surface area contributed by atoms with Gasteiger partial charge in [-0.3, -0.25) is 9.59 Å². The van der Waals surface area contributed by atoms with Gasteiger partial charge in [0.15, 0.2) is 5.82 Å². The van der Waals surface area contributed by atoms with E-state index in [4.69, 9.17) is 14.6 Å². The summed E-state index contributed by atoms with van der Waals surface area (Å²) in [5.41, 5.74) is 0.674. The molecule has 3 heterocycles. The van der Waals surface area contributed by atoms with E-state index >= 15 is 0 Å². The zero-order chi connectivity index (χ0) is 22.1. The zero-order valence-corrected chi connectivity index (χ0v) is 18.2. The molecular weight excluding hydrogens is 388 g/mol. The van der Waals surface area contributed by atoms with Crippen LogP contribution in [0.3, 0.4) is 0 Å². The molecule has 2 aliphatic rings. The van der Waals surface area contributed by atoms with Crippen molar-refractivity contribution in [3.05, 3.63) is 17.8 Å². The Morgan fingerprint density at radius 1 is 1.33 bits per heavy atom. The summed E-state index contributed by atoms with van der Waals surface area (Å²) in [6.07, 6.45) is 2.10. The van der Waals surface area contributed by atoms with Crippen LogP contribution in [-0.4, -0.2) is 83.2 Å². The Balaban J connectivity index is 0.00000101. The van der Waals surface area contributed by atoms with Crippen LogP contribution in [-0.2, 0) is 14.3 Å². The van der Waals surface area contributed by atoms with Gasteiger partial charge in [-0.2, -0.15) is 5.10 Å². The van der Waals surface area contributed by atoms with Gasteiger partial charge in [-0.05, 0) is 44.2 Å². The maximum absolute atomic E-state index is 12.4. The second-order valence-corrected chi connectivity index (χ2v) is 8.22. The van der Waals surface area contributed by atoms with E-state index in [2.05, 4.69) is 28.9 Å². The van der Waals surface area contributed by atoms with Gasteiger partial charge >= 0.3 is 0 Å². The van der Waals surface area contributed by atoms with Crippen molar-refractivity contribution in [2.75, 3.05) is 44.3 Å². The van der Waals surface area contributed by atoms with Crippen molar-refractivity contribution in [2.45, 2.75) is 52.1 Å². The molecule has 0 aromatic carbocycles. The molecule has 0 aliphatic carbocycles. The molecule has 1 aromatic rings. The predicted molar refractivity (Wildman–Crippen MR) is 112 cm³/mol. The highest BCUT2D eigenvalue weighted by atomic mass is 16.5. The van der Waals surface area contributed by atoms with Gasteiger partial charge in [0.2, 0.25) is 5.91 Å². The average Bonchev–Trinajstić information content (AvgIpc) is 2.75. The highest BCUT2D eigenvalue weighted by Gasteiger charge is 2.46. The maximum Gasteiger partial charge on any atom is 0.290 e. The van der Waals surface area contributed by atoms with Gasteiger partial charge < -0.3 is 24.7 Å². The summed E-state index contributed by atoms with van der Waals surface area (Å²) in [7, 11) is 0. The lowest BCUT2D eigenvalue weighted by atomic mass is 9.71. The number of aliphatic hydroxyl groups is 1. The Morgan fingerprint density at radius 2 is 2.07 bits per heavy atom. The number of aliphatic hydroxyl groups excluding tert-OH is 1. The summed E-state index contributed by atoms with van der Waals surface area (Å²) in [6.45, 7) is 9.27. The van der Waals surface area contributed by atoms with Crippen LogP contribution in [0.4, 0.5) is 5.82 Å². The first kappa shape index (κ1) is 24.0. The summed E-state index contributed by atoms with van der Waals surface area (Å²) in [4.78, 5) is 24.9. The topological polar surface area (TPSA) is 116 Å². The molecule has 2 aliphatic heterocycles. The van der Waals surface area contributed by atoms with Crippen LogP contribution in [0.2, 0.25) is 0 Å². The lowest BCUT2D eigenvalue weighted by molar-refractivity contribution is -0.142. The van der Waals surface area contributed by atoms with Crippen LogP contribution >= 0.6 is 0 Å². The second kappa shape index (κ2) is 11.2. The first-order valence-electron chi connectivity index (χ1n) is 10.6. The van der Waals surface area contributed by atoms with Gasteiger partial charge in [-0.1, -0.05) is 13.8 Å². The molecule has 2 fully saturated rings. The number of anilines is 1. The van der Waals surface area contributed by atoms with E-state index in [-0.39, 0.29) is 24.4 Å². The molecule has 3 rings (SSSR count). The highest BCUT2D eigenvalue weighted by molar-refractivity contribution is 5.77. The van der Waals surface area contributed by atoms with E-state index in [9.17, 15) is 9.90 Å². The van der Waals surface area contributed by atoms with Crippen LogP contribution in [0, 0.1) is 5.41 Å². The highest BCUT2D eigenvalue weighted by Crippen LogP contribution is 2.39. The Hall–Kier alpha value is -2.26. The van der Waals surface area contributed by atoms with E-state index in [0.29, 0.717) is 32.0 Å². The number of likely N-dealkylation sites (tertiary alicyclic amines) is 1. The molecule has 9 nitrogen and oxygen atoms in total. The van der Waals surface area contributed by atoms with Gasteiger partial charge in [0, 0.05) is 38.2 Å². The van der Waals surface area contributed by atoms with E-state index in [1.807, 2.05) is 24.0 Å². The van der Waals surface area contributed by atoms with Crippen molar-refractivity contribution in [3.8, 4) is 0 Å². The minimum Gasteiger partial charge on any atom is -0.483 e. The summed E-state index contributed by atoms with van der Waals surface area (Å²) >= 11 is 0. The first-order chi connectivity index (χ1) is 14.4. The van der Waals surface area contributed by atoms with Gasteiger partial charge in [0.1, 0.15) is 6.61 Å². The lowest BCUT2D eigenvalue weighted by Gasteiger charge is -2.51.